The first-order valence-electron chi connectivity index (χ1n) is 5.83. The summed E-state index contributed by atoms with van der Waals surface area (Å²) in [7, 11) is 0. The van der Waals surface area contributed by atoms with Crippen LogP contribution in [0.2, 0.25) is 0 Å². The lowest BCUT2D eigenvalue weighted by atomic mass is 10.3. The van der Waals surface area contributed by atoms with Crippen LogP contribution in [0.25, 0.3) is 0 Å². The van der Waals surface area contributed by atoms with E-state index in [1.54, 1.807) is 19.3 Å². The zero-order chi connectivity index (χ0) is 13.7. The molecule has 0 saturated carbocycles. The molecule has 1 atom stereocenters. The predicted octanol–water partition coefficient (Wildman–Crippen LogP) is 2.26. The van der Waals surface area contributed by atoms with Crippen LogP contribution in [0.15, 0.2) is 41.1 Å². The Hall–Kier alpha value is -1.82. The first kappa shape index (κ1) is 13.6. The molecule has 5 nitrogen and oxygen atoms in total. The van der Waals surface area contributed by atoms with Crippen LogP contribution in [-0.4, -0.2) is 22.2 Å². The van der Waals surface area contributed by atoms with Gasteiger partial charge in [-0.15, -0.1) is 0 Å². The Morgan fingerprint density at radius 3 is 2.84 bits per heavy atom. The van der Waals surface area contributed by atoms with Crippen molar-refractivity contribution < 1.29 is 9.53 Å². The van der Waals surface area contributed by atoms with E-state index in [0.717, 1.165) is 10.0 Å². The second-order valence-electron chi connectivity index (χ2n) is 4.04. The van der Waals surface area contributed by atoms with E-state index in [9.17, 15) is 4.79 Å². The lowest BCUT2D eigenvalue weighted by molar-refractivity contribution is -0.127. The van der Waals surface area contributed by atoms with Crippen LogP contribution in [0.3, 0.4) is 0 Å². The SMILES string of the molecule is CC(Oc1ccc(Br)cc1)C(=O)NCc1cn[nH]c1. The molecule has 2 aromatic rings. The van der Waals surface area contributed by atoms with E-state index < -0.39 is 6.10 Å². The van der Waals surface area contributed by atoms with Crippen molar-refractivity contribution in [1.82, 2.24) is 15.5 Å². The van der Waals surface area contributed by atoms with Crippen molar-refractivity contribution in [3.8, 4) is 5.75 Å². The zero-order valence-corrected chi connectivity index (χ0v) is 12.0. The maximum Gasteiger partial charge on any atom is 0.261 e. The molecule has 0 bridgehead atoms. The number of aromatic nitrogens is 2. The largest absolute Gasteiger partial charge is 0.481 e. The quantitative estimate of drug-likeness (QED) is 0.886. The third-order valence-electron chi connectivity index (χ3n) is 2.52. The minimum absolute atomic E-state index is 0.163. The van der Waals surface area contributed by atoms with E-state index in [0.29, 0.717) is 12.3 Å². The Labute approximate surface area is 119 Å². The fourth-order valence-corrected chi connectivity index (χ4v) is 1.74. The standard InChI is InChI=1S/C13H14BrN3O2/c1-9(19-12-4-2-11(14)3-5-12)13(18)15-6-10-7-16-17-8-10/h2-5,7-9H,6H2,1H3,(H,15,18)(H,16,17). The van der Waals surface area contributed by atoms with Crippen molar-refractivity contribution in [2.75, 3.05) is 0 Å². The van der Waals surface area contributed by atoms with Gasteiger partial charge in [-0.25, -0.2) is 0 Å². The Morgan fingerprint density at radius 2 is 2.21 bits per heavy atom. The highest BCUT2D eigenvalue weighted by molar-refractivity contribution is 9.10. The average Bonchev–Trinajstić information content (AvgIpc) is 2.91. The molecule has 0 radical (unpaired) electrons. The molecular weight excluding hydrogens is 310 g/mol. The third-order valence-corrected chi connectivity index (χ3v) is 3.05. The number of nitrogens with zero attached hydrogens (tertiary/aromatic N) is 1. The van der Waals surface area contributed by atoms with Crippen LogP contribution in [-0.2, 0) is 11.3 Å². The summed E-state index contributed by atoms with van der Waals surface area (Å²) in [5, 5.41) is 9.28. The second kappa shape index (κ2) is 6.38. The van der Waals surface area contributed by atoms with E-state index in [-0.39, 0.29) is 5.91 Å². The number of rotatable bonds is 5. The number of halogens is 1. The number of carbonyl (C=O) groups excluding carboxylic acids is 1. The van der Waals surface area contributed by atoms with E-state index in [1.807, 2.05) is 24.3 Å². The van der Waals surface area contributed by atoms with Crippen molar-refractivity contribution in [2.24, 2.45) is 0 Å². The van der Waals surface area contributed by atoms with Crippen LogP contribution < -0.4 is 10.1 Å². The van der Waals surface area contributed by atoms with Gasteiger partial charge >= 0.3 is 0 Å². The van der Waals surface area contributed by atoms with Crippen molar-refractivity contribution >= 4 is 21.8 Å². The highest BCUT2D eigenvalue weighted by Crippen LogP contribution is 2.17. The summed E-state index contributed by atoms with van der Waals surface area (Å²) >= 11 is 3.34. The molecule has 0 fully saturated rings. The molecule has 1 aromatic carbocycles. The number of H-pyrrole nitrogens is 1. The molecular formula is C13H14BrN3O2. The summed E-state index contributed by atoms with van der Waals surface area (Å²) < 4.78 is 6.51. The minimum atomic E-state index is -0.548. The number of carbonyl (C=O) groups is 1. The van der Waals surface area contributed by atoms with Gasteiger partial charge in [-0.1, -0.05) is 15.9 Å². The predicted molar refractivity (Wildman–Crippen MR) is 74.7 cm³/mol. The zero-order valence-electron chi connectivity index (χ0n) is 10.4. The Morgan fingerprint density at radius 1 is 1.47 bits per heavy atom. The summed E-state index contributed by atoms with van der Waals surface area (Å²) in [5.74, 6) is 0.498. The molecule has 0 spiro atoms. The molecule has 19 heavy (non-hydrogen) atoms. The molecule has 2 N–H and O–H groups in total. The molecule has 0 aliphatic carbocycles. The van der Waals surface area contributed by atoms with Crippen LogP contribution in [0.5, 0.6) is 5.75 Å². The molecule has 1 unspecified atom stereocenters. The number of benzene rings is 1. The average molecular weight is 324 g/mol. The normalized spacial score (nSPS) is 11.9. The molecule has 100 valence electrons. The molecule has 0 aliphatic rings. The van der Waals surface area contributed by atoms with Gasteiger partial charge in [0.25, 0.3) is 5.91 Å². The summed E-state index contributed by atoms with van der Waals surface area (Å²) in [5.41, 5.74) is 0.921. The molecule has 1 heterocycles. The van der Waals surface area contributed by atoms with Crippen LogP contribution in [0, 0.1) is 0 Å². The maximum absolute atomic E-state index is 11.8. The fourth-order valence-electron chi connectivity index (χ4n) is 1.48. The van der Waals surface area contributed by atoms with E-state index >= 15 is 0 Å². The fraction of sp³-hybridized carbons (Fsp3) is 0.231. The van der Waals surface area contributed by atoms with E-state index in [2.05, 4.69) is 31.4 Å². The maximum atomic E-state index is 11.8. The number of nitrogens with one attached hydrogen (secondary N) is 2. The van der Waals surface area contributed by atoms with Crippen LogP contribution in [0.4, 0.5) is 0 Å². The van der Waals surface area contributed by atoms with Gasteiger partial charge < -0.3 is 10.1 Å². The van der Waals surface area contributed by atoms with Gasteiger partial charge in [0, 0.05) is 22.8 Å². The highest BCUT2D eigenvalue weighted by atomic mass is 79.9. The molecule has 2 rings (SSSR count). The van der Waals surface area contributed by atoms with Gasteiger partial charge in [0.05, 0.1) is 6.20 Å². The van der Waals surface area contributed by atoms with Gasteiger partial charge in [0.2, 0.25) is 0 Å². The van der Waals surface area contributed by atoms with E-state index in [1.165, 1.54) is 0 Å². The van der Waals surface area contributed by atoms with Crippen LogP contribution in [0.1, 0.15) is 12.5 Å². The summed E-state index contributed by atoms with van der Waals surface area (Å²) in [6.07, 6.45) is 2.86. The number of amides is 1. The lowest BCUT2D eigenvalue weighted by Crippen LogP contribution is -2.35. The van der Waals surface area contributed by atoms with Gasteiger partial charge in [0.1, 0.15) is 5.75 Å². The number of aromatic amines is 1. The van der Waals surface area contributed by atoms with E-state index in [4.69, 9.17) is 4.74 Å². The smallest absolute Gasteiger partial charge is 0.261 e. The van der Waals surface area contributed by atoms with Crippen LogP contribution >= 0.6 is 15.9 Å². The van der Waals surface area contributed by atoms with Gasteiger partial charge in [-0.3, -0.25) is 9.89 Å². The molecule has 0 saturated heterocycles. The third kappa shape index (κ3) is 4.10. The first-order chi connectivity index (χ1) is 9.15. The van der Waals surface area contributed by atoms with Crippen molar-refractivity contribution in [3.05, 3.63) is 46.7 Å². The lowest BCUT2D eigenvalue weighted by Gasteiger charge is -2.14. The summed E-state index contributed by atoms with van der Waals surface area (Å²) in [6.45, 7) is 2.15. The van der Waals surface area contributed by atoms with Gasteiger partial charge in [0.15, 0.2) is 6.10 Å². The Balaban J connectivity index is 1.83. The van der Waals surface area contributed by atoms with Gasteiger partial charge in [-0.2, -0.15) is 5.10 Å². The molecule has 0 aliphatic heterocycles. The minimum Gasteiger partial charge on any atom is -0.481 e. The molecule has 1 amide bonds. The highest BCUT2D eigenvalue weighted by Gasteiger charge is 2.14. The van der Waals surface area contributed by atoms with Crippen molar-refractivity contribution in [3.63, 3.8) is 0 Å². The summed E-state index contributed by atoms with van der Waals surface area (Å²) in [4.78, 5) is 11.8. The van der Waals surface area contributed by atoms with Crippen molar-refractivity contribution in [2.45, 2.75) is 19.6 Å². The topological polar surface area (TPSA) is 67.0 Å². The first-order valence-corrected chi connectivity index (χ1v) is 6.62. The summed E-state index contributed by atoms with van der Waals surface area (Å²) in [6, 6.07) is 7.35. The molecule has 6 heteroatoms. The number of ether oxygens (including phenoxy) is 1. The monoisotopic (exact) mass is 323 g/mol. The second-order valence-corrected chi connectivity index (χ2v) is 4.95. The Kier molecular flexibility index (Phi) is 4.57. The Bertz CT molecular complexity index is 525. The molecule has 1 aromatic heterocycles. The van der Waals surface area contributed by atoms with Crippen molar-refractivity contribution in [1.29, 1.82) is 0 Å². The number of hydrogen-bond donors (Lipinski definition) is 2. The van der Waals surface area contributed by atoms with Gasteiger partial charge in [-0.05, 0) is 31.2 Å². The number of hydrogen-bond acceptors (Lipinski definition) is 3.